The third-order valence-corrected chi connectivity index (χ3v) is 4.28. The fraction of sp³-hybridized carbons (Fsp3) is 0.467. The van der Waals surface area contributed by atoms with Gasteiger partial charge in [-0.05, 0) is 45.1 Å². The lowest BCUT2D eigenvalue weighted by Gasteiger charge is -2.28. The summed E-state index contributed by atoms with van der Waals surface area (Å²) in [5, 5.41) is 4.92. The summed E-state index contributed by atoms with van der Waals surface area (Å²) < 4.78 is 0. The summed E-state index contributed by atoms with van der Waals surface area (Å²) in [4.78, 5) is 5.78. The number of nitrogens with one attached hydrogen (secondary N) is 2. The number of benzene rings is 1. The summed E-state index contributed by atoms with van der Waals surface area (Å²) in [5.74, 6) is 0. The molecule has 0 amide bonds. The van der Waals surface area contributed by atoms with Gasteiger partial charge in [0.1, 0.15) is 0 Å². The second-order valence-corrected chi connectivity index (χ2v) is 5.55. The van der Waals surface area contributed by atoms with Crippen molar-refractivity contribution in [1.29, 1.82) is 0 Å². The lowest BCUT2D eigenvalue weighted by atomic mass is 9.90. The molecule has 2 N–H and O–H groups in total. The molecule has 0 bridgehead atoms. The first kappa shape index (κ1) is 11.8. The van der Waals surface area contributed by atoms with E-state index in [9.17, 15) is 0 Å². The van der Waals surface area contributed by atoms with Crippen LogP contribution >= 0.6 is 0 Å². The normalized spacial score (nSPS) is 25.0. The summed E-state index contributed by atoms with van der Waals surface area (Å²) in [6.45, 7) is 2.31. The van der Waals surface area contributed by atoms with Gasteiger partial charge < -0.3 is 15.2 Å². The molecule has 1 aliphatic heterocycles. The molecule has 2 heterocycles. The monoisotopic (exact) mass is 243 g/mol. The van der Waals surface area contributed by atoms with Crippen molar-refractivity contribution < 1.29 is 0 Å². The van der Waals surface area contributed by atoms with Crippen molar-refractivity contribution in [2.75, 3.05) is 27.2 Å². The average molecular weight is 243 g/mol. The molecule has 2 aromatic rings. The van der Waals surface area contributed by atoms with Crippen molar-refractivity contribution >= 4 is 10.9 Å². The van der Waals surface area contributed by atoms with Crippen LogP contribution in [0, 0.1) is 0 Å². The van der Waals surface area contributed by atoms with Crippen LogP contribution in [0.15, 0.2) is 30.5 Å². The van der Waals surface area contributed by atoms with E-state index in [-0.39, 0.29) is 5.54 Å². The van der Waals surface area contributed by atoms with Gasteiger partial charge in [0.05, 0.1) is 0 Å². The molecule has 0 spiro atoms. The highest BCUT2D eigenvalue weighted by Crippen LogP contribution is 2.28. The summed E-state index contributed by atoms with van der Waals surface area (Å²) in [5.41, 5.74) is 2.90. The molecule has 3 heteroatoms. The van der Waals surface area contributed by atoms with Crippen LogP contribution in [0.5, 0.6) is 0 Å². The Hall–Kier alpha value is -1.32. The van der Waals surface area contributed by atoms with Crippen LogP contribution < -0.4 is 5.32 Å². The Morgan fingerprint density at radius 2 is 2.22 bits per heavy atom. The van der Waals surface area contributed by atoms with Crippen LogP contribution in [0.4, 0.5) is 0 Å². The van der Waals surface area contributed by atoms with Gasteiger partial charge in [-0.2, -0.15) is 0 Å². The SMILES string of the molecule is CNC1(Cc2c[nH]c3ccccc23)CCN(C)C1. The van der Waals surface area contributed by atoms with Crippen molar-refractivity contribution in [1.82, 2.24) is 15.2 Å². The summed E-state index contributed by atoms with van der Waals surface area (Å²) in [6.07, 6.45) is 4.49. The minimum Gasteiger partial charge on any atom is -0.361 e. The highest BCUT2D eigenvalue weighted by Gasteiger charge is 2.35. The number of rotatable bonds is 3. The molecule has 1 aliphatic rings. The molecule has 1 unspecified atom stereocenters. The maximum Gasteiger partial charge on any atom is 0.0456 e. The summed E-state index contributed by atoms with van der Waals surface area (Å²) >= 11 is 0. The lowest BCUT2D eigenvalue weighted by molar-refractivity contribution is 0.327. The molecule has 1 aromatic carbocycles. The van der Waals surface area contributed by atoms with Crippen LogP contribution in [0.3, 0.4) is 0 Å². The minimum absolute atomic E-state index is 0.236. The Balaban J connectivity index is 1.91. The van der Waals surface area contributed by atoms with E-state index in [0.29, 0.717) is 0 Å². The van der Waals surface area contributed by atoms with Crippen LogP contribution in [0.2, 0.25) is 0 Å². The van der Waals surface area contributed by atoms with Gasteiger partial charge in [-0.25, -0.2) is 0 Å². The van der Waals surface area contributed by atoms with E-state index in [1.807, 2.05) is 0 Å². The molecular formula is C15H21N3. The first-order chi connectivity index (χ1) is 8.72. The molecule has 1 saturated heterocycles. The van der Waals surface area contributed by atoms with Gasteiger partial charge in [0.2, 0.25) is 0 Å². The fourth-order valence-electron chi connectivity index (χ4n) is 3.16. The molecule has 1 fully saturated rings. The molecule has 0 aliphatic carbocycles. The van der Waals surface area contributed by atoms with Crippen LogP contribution in [-0.2, 0) is 6.42 Å². The molecule has 96 valence electrons. The standard InChI is InChI=1S/C15H21N3/c1-16-15(7-8-18(2)11-15)9-12-10-17-14-6-4-3-5-13(12)14/h3-6,10,16-17H,7-9,11H2,1-2H3. The van der Waals surface area contributed by atoms with Crippen molar-refractivity contribution in [2.45, 2.75) is 18.4 Å². The molecule has 1 atom stereocenters. The van der Waals surface area contributed by atoms with Crippen molar-refractivity contribution in [3.05, 3.63) is 36.0 Å². The predicted octanol–water partition coefficient (Wildman–Crippen LogP) is 2.00. The molecule has 18 heavy (non-hydrogen) atoms. The molecule has 1 aromatic heterocycles. The van der Waals surface area contributed by atoms with Gasteiger partial charge in [0.25, 0.3) is 0 Å². The number of hydrogen-bond donors (Lipinski definition) is 2. The largest absolute Gasteiger partial charge is 0.361 e. The molecule has 3 nitrogen and oxygen atoms in total. The first-order valence-corrected chi connectivity index (χ1v) is 6.65. The Morgan fingerprint density at radius 1 is 1.39 bits per heavy atom. The predicted molar refractivity (Wildman–Crippen MR) is 75.9 cm³/mol. The van der Waals surface area contributed by atoms with Crippen LogP contribution in [0.25, 0.3) is 10.9 Å². The Kier molecular flexibility index (Phi) is 2.88. The van der Waals surface area contributed by atoms with E-state index in [1.165, 1.54) is 29.4 Å². The van der Waals surface area contributed by atoms with Gasteiger partial charge in [-0.3, -0.25) is 0 Å². The van der Waals surface area contributed by atoms with Crippen LogP contribution in [-0.4, -0.2) is 42.6 Å². The van der Waals surface area contributed by atoms with Gasteiger partial charge in [0, 0.05) is 29.2 Å². The van der Waals surface area contributed by atoms with Crippen LogP contribution in [0.1, 0.15) is 12.0 Å². The van der Waals surface area contributed by atoms with Crippen molar-refractivity contribution in [2.24, 2.45) is 0 Å². The van der Waals surface area contributed by atoms with Gasteiger partial charge in [0.15, 0.2) is 0 Å². The minimum atomic E-state index is 0.236. The van der Waals surface area contributed by atoms with Gasteiger partial charge in [-0.1, -0.05) is 18.2 Å². The third kappa shape index (κ3) is 1.93. The first-order valence-electron chi connectivity index (χ1n) is 6.65. The molecule has 3 rings (SSSR count). The van der Waals surface area contributed by atoms with E-state index in [2.05, 4.69) is 59.8 Å². The lowest BCUT2D eigenvalue weighted by Crippen LogP contribution is -2.47. The number of hydrogen-bond acceptors (Lipinski definition) is 2. The number of aromatic amines is 1. The second kappa shape index (κ2) is 4.41. The number of para-hydroxylation sites is 1. The Bertz CT molecular complexity index is 545. The number of aromatic nitrogens is 1. The highest BCUT2D eigenvalue weighted by molar-refractivity contribution is 5.83. The second-order valence-electron chi connectivity index (χ2n) is 5.55. The number of likely N-dealkylation sites (tertiary alicyclic amines) is 1. The average Bonchev–Trinajstić information content (AvgIpc) is 2.96. The number of likely N-dealkylation sites (N-methyl/N-ethyl adjacent to an activating group) is 2. The quantitative estimate of drug-likeness (QED) is 0.864. The maximum absolute atomic E-state index is 3.56. The molecule has 0 saturated carbocycles. The smallest absolute Gasteiger partial charge is 0.0456 e. The molecular weight excluding hydrogens is 222 g/mol. The van der Waals surface area contributed by atoms with Gasteiger partial charge in [-0.15, -0.1) is 0 Å². The Labute approximate surface area is 108 Å². The zero-order chi connectivity index (χ0) is 12.6. The van der Waals surface area contributed by atoms with Gasteiger partial charge >= 0.3 is 0 Å². The third-order valence-electron chi connectivity index (χ3n) is 4.28. The highest BCUT2D eigenvalue weighted by atomic mass is 15.2. The van der Waals surface area contributed by atoms with E-state index in [1.54, 1.807) is 0 Å². The number of nitrogens with zero attached hydrogens (tertiary/aromatic N) is 1. The van der Waals surface area contributed by atoms with Crippen molar-refractivity contribution in [3.63, 3.8) is 0 Å². The zero-order valence-corrected chi connectivity index (χ0v) is 11.2. The summed E-state index contributed by atoms with van der Waals surface area (Å²) in [7, 11) is 4.29. The maximum atomic E-state index is 3.56. The van der Waals surface area contributed by atoms with E-state index >= 15 is 0 Å². The topological polar surface area (TPSA) is 31.1 Å². The number of fused-ring (bicyclic) bond motifs is 1. The summed E-state index contributed by atoms with van der Waals surface area (Å²) in [6, 6.07) is 8.56. The van der Waals surface area contributed by atoms with E-state index in [0.717, 1.165) is 13.0 Å². The zero-order valence-electron chi connectivity index (χ0n) is 11.2. The Morgan fingerprint density at radius 3 is 2.94 bits per heavy atom. The fourth-order valence-corrected chi connectivity index (χ4v) is 3.16. The van der Waals surface area contributed by atoms with E-state index in [4.69, 9.17) is 0 Å². The number of H-pyrrole nitrogens is 1. The van der Waals surface area contributed by atoms with Crippen molar-refractivity contribution in [3.8, 4) is 0 Å². The van der Waals surface area contributed by atoms with E-state index < -0.39 is 0 Å². The molecule has 0 radical (unpaired) electrons.